The number of nitrogens with one attached hydrogen (secondary N) is 1. The quantitative estimate of drug-likeness (QED) is 0.428. The Labute approximate surface area is 154 Å². The Morgan fingerprint density at radius 3 is 2.74 bits per heavy atom. The van der Waals surface area contributed by atoms with Crippen molar-refractivity contribution in [3.8, 4) is 5.75 Å². The lowest BCUT2D eigenvalue weighted by atomic mass is 10.0. The van der Waals surface area contributed by atoms with Crippen LogP contribution < -0.4 is 15.8 Å². The highest BCUT2D eigenvalue weighted by Gasteiger charge is 2.23. The predicted molar refractivity (Wildman–Crippen MR) is 102 cm³/mol. The fourth-order valence-corrected chi connectivity index (χ4v) is 2.62. The van der Waals surface area contributed by atoms with Crippen molar-refractivity contribution in [3.63, 3.8) is 0 Å². The van der Waals surface area contributed by atoms with Crippen LogP contribution in [0.15, 0.2) is 29.3 Å². The summed E-state index contributed by atoms with van der Waals surface area (Å²) in [5, 5.41) is 3.17. The number of methoxy groups -OCH3 is 1. The number of rotatable bonds is 4. The molecule has 1 aromatic carbocycles. The highest BCUT2D eigenvalue weighted by Crippen LogP contribution is 2.16. The van der Waals surface area contributed by atoms with Crippen LogP contribution in [-0.2, 0) is 11.2 Å². The SMILES string of the molecule is CN=C(N)NC1CCN(C(=O)Cc2cccc(OC)c2)CC1.I. The number of hydrogen-bond donors (Lipinski definition) is 2. The minimum atomic E-state index is 0. The molecule has 1 amide bonds. The zero-order chi connectivity index (χ0) is 15.9. The van der Waals surface area contributed by atoms with Gasteiger partial charge in [0.1, 0.15) is 5.75 Å². The van der Waals surface area contributed by atoms with Gasteiger partial charge in [0, 0.05) is 26.2 Å². The molecular weight excluding hydrogens is 407 g/mol. The van der Waals surface area contributed by atoms with Crippen LogP contribution in [0.25, 0.3) is 0 Å². The Kier molecular flexibility index (Phi) is 8.15. The maximum Gasteiger partial charge on any atom is 0.226 e. The molecule has 0 unspecified atom stereocenters. The monoisotopic (exact) mass is 432 g/mol. The number of piperidine rings is 1. The lowest BCUT2D eigenvalue weighted by Crippen LogP contribution is -2.48. The molecular formula is C16H25IN4O2. The molecule has 1 aliphatic rings. The molecule has 1 aromatic rings. The summed E-state index contributed by atoms with van der Waals surface area (Å²) in [6, 6.07) is 7.94. The van der Waals surface area contributed by atoms with Crippen LogP contribution in [0, 0.1) is 0 Å². The van der Waals surface area contributed by atoms with Crippen LogP contribution >= 0.6 is 24.0 Å². The van der Waals surface area contributed by atoms with E-state index in [4.69, 9.17) is 10.5 Å². The van der Waals surface area contributed by atoms with Crippen molar-refractivity contribution in [2.45, 2.75) is 25.3 Å². The summed E-state index contributed by atoms with van der Waals surface area (Å²) < 4.78 is 5.19. The number of likely N-dealkylation sites (tertiary alicyclic amines) is 1. The molecule has 7 heteroatoms. The van der Waals surface area contributed by atoms with Gasteiger partial charge in [0.05, 0.1) is 13.5 Å². The van der Waals surface area contributed by atoms with Crippen molar-refractivity contribution < 1.29 is 9.53 Å². The largest absolute Gasteiger partial charge is 0.497 e. The Balaban J connectivity index is 0.00000264. The first-order valence-corrected chi connectivity index (χ1v) is 7.52. The van der Waals surface area contributed by atoms with Crippen molar-refractivity contribution >= 4 is 35.8 Å². The number of aliphatic imine (C=N–C) groups is 1. The molecule has 0 bridgehead atoms. The van der Waals surface area contributed by atoms with Gasteiger partial charge in [-0.15, -0.1) is 24.0 Å². The smallest absolute Gasteiger partial charge is 0.226 e. The second-order valence-corrected chi connectivity index (χ2v) is 5.44. The van der Waals surface area contributed by atoms with E-state index in [1.807, 2.05) is 29.2 Å². The number of carbonyl (C=O) groups is 1. The molecule has 0 aromatic heterocycles. The Hall–Kier alpha value is -1.51. The van der Waals surface area contributed by atoms with E-state index in [0.29, 0.717) is 18.4 Å². The van der Waals surface area contributed by atoms with Crippen LogP contribution in [0.3, 0.4) is 0 Å². The van der Waals surface area contributed by atoms with Gasteiger partial charge in [-0.05, 0) is 30.5 Å². The molecule has 2 rings (SSSR count). The minimum absolute atomic E-state index is 0. The van der Waals surface area contributed by atoms with Gasteiger partial charge >= 0.3 is 0 Å². The molecule has 0 atom stereocenters. The number of guanidine groups is 1. The number of halogens is 1. The first-order chi connectivity index (χ1) is 10.6. The molecule has 1 fully saturated rings. The average Bonchev–Trinajstić information content (AvgIpc) is 2.55. The number of carbonyl (C=O) groups excluding carboxylic acids is 1. The molecule has 0 radical (unpaired) electrons. The van der Waals surface area contributed by atoms with Crippen molar-refractivity contribution in [3.05, 3.63) is 29.8 Å². The highest BCUT2D eigenvalue weighted by atomic mass is 127. The Morgan fingerprint density at radius 2 is 2.13 bits per heavy atom. The topological polar surface area (TPSA) is 80.0 Å². The van der Waals surface area contributed by atoms with Gasteiger partial charge in [0.15, 0.2) is 5.96 Å². The van der Waals surface area contributed by atoms with Crippen molar-refractivity contribution in [1.82, 2.24) is 10.2 Å². The van der Waals surface area contributed by atoms with Crippen molar-refractivity contribution in [2.75, 3.05) is 27.2 Å². The van der Waals surface area contributed by atoms with Gasteiger partial charge < -0.3 is 20.7 Å². The zero-order valence-electron chi connectivity index (χ0n) is 13.6. The molecule has 23 heavy (non-hydrogen) atoms. The summed E-state index contributed by atoms with van der Waals surface area (Å²) in [7, 11) is 3.29. The van der Waals surface area contributed by atoms with Crippen LogP contribution in [-0.4, -0.2) is 50.1 Å². The normalized spacial score (nSPS) is 15.7. The van der Waals surface area contributed by atoms with Gasteiger partial charge in [0.2, 0.25) is 5.91 Å². The molecule has 0 aliphatic carbocycles. The lowest BCUT2D eigenvalue weighted by molar-refractivity contribution is -0.131. The highest BCUT2D eigenvalue weighted by molar-refractivity contribution is 14.0. The summed E-state index contributed by atoms with van der Waals surface area (Å²) in [4.78, 5) is 18.2. The summed E-state index contributed by atoms with van der Waals surface area (Å²) in [5.74, 6) is 1.40. The second-order valence-electron chi connectivity index (χ2n) is 5.44. The molecule has 1 saturated heterocycles. The number of nitrogens with zero attached hydrogens (tertiary/aromatic N) is 2. The molecule has 1 heterocycles. The van der Waals surface area contributed by atoms with Crippen LogP contribution in [0.1, 0.15) is 18.4 Å². The van der Waals surface area contributed by atoms with E-state index in [1.165, 1.54) is 0 Å². The number of nitrogens with two attached hydrogens (primary N) is 1. The molecule has 0 saturated carbocycles. The third-order valence-electron chi connectivity index (χ3n) is 3.93. The number of benzene rings is 1. The zero-order valence-corrected chi connectivity index (χ0v) is 15.9. The molecule has 128 valence electrons. The summed E-state index contributed by atoms with van der Waals surface area (Å²) >= 11 is 0. The Morgan fingerprint density at radius 1 is 1.43 bits per heavy atom. The third-order valence-corrected chi connectivity index (χ3v) is 3.93. The lowest BCUT2D eigenvalue weighted by Gasteiger charge is -2.32. The van der Waals surface area contributed by atoms with Gasteiger partial charge in [-0.2, -0.15) is 0 Å². The van der Waals surface area contributed by atoms with Gasteiger partial charge in [0.25, 0.3) is 0 Å². The van der Waals surface area contributed by atoms with Crippen LogP contribution in [0.4, 0.5) is 0 Å². The molecule has 0 spiro atoms. The maximum atomic E-state index is 12.4. The Bertz CT molecular complexity index is 543. The van der Waals surface area contributed by atoms with E-state index < -0.39 is 0 Å². The third kappa shape index (κ3) is 5.89. The van der Waals surface area contributed by atoms with Gasteiger partial charge in [-0.1, -0.05) is 12.1 Å². The minimum Gasteiger partial charge on any atom is -0.497 e. The molecule has 6 nitrogen and oxygen atoms in total. The number of amides is 1. The first-order valence-electron chi connectivity index (χ1n) is 7.52. The molecule has 3 N–H and O–H groups in total. The van der Waals surface area contributed by atoms with E-state index in [1.54, 1.807) is 14.2 Å². The first kappa shape index (κ1) is 19.5. The molecule has 1 aliphatic heterocycles. The van der Waals surface area contributed by atoms with Crippen molar-refractivity contribution in [2.24, 2.45) is 10.7 Å². The number of hydrogen-bond acceptors (Lipinski definition) is 3. The van der Waals surface area contributed by atoms with Gasteiger partial charge in [-0.3, -0.25) is 9.79 Å². The van der Waals surface area contributed by atoms with E-state index in [9.17, 15) is 4.79 Å². The summed E-state index contributed by atoms with van der Waals surface area (Å²) in [6.45, 7) is 1.49. The van der Waals surface area contributed by atoms with E-state index in [-0.39, 0.29) is 29.9 Å². The van der Waals surface area contributed by atoms with Gasteiger partial charge in [-0.25, -0.2) is 0 Å². The van der Waals surface area contributed by atoms with E-state index in [2.05, 4.69) is 10.3 Å². The van der Waals surface area contributed by atoms with E-state index >= 15 is 0 Å². The average molecular weight is 432 g/mol. The standard InChI is InChI=1S/C16H24N4O2.HI/c1-18-16(17)19-13-6-8-20(9-7-13)15(21)11-12-4-3-5-14(10-12)22-2;/h3-5,10,13H,6-9,11H2,1-2H3,(H3,17,18,19);1H. The van der Waals surface area contributed by atoms with Crippen molar-refractivity contribution in [1.29, 1.82) is 0 Å². The number of ether oxygens (including phenoxy) is 1. The van der Waals surface area contributed by atoms with Crippen LogP contribution in [0.5, 0.6) is 5.75 Å². The predicted octanol–water partition coefficient (Wildman–Crippen LogP) is 1.38. The van der Waals surface area contributed by atoms with E-state index in [0.717, 1.165) is 37.2 Å². The summed E-state index contributed by atoms with van der Waals surface area (Å²) in [6.07, 6.45) is 2.19. The fraction of sp³-hybridized carbons (Fsp3) is 0.500. The fourth-order valence-electron chi connectivity index (χ4n) is 2.62. The maximum absolute atomic E-state index is 12.4. The second kappa shape index (κ2) is 9.59. The summed E-state index contributed by atoms with van der Waals surface area (Å²) in [5.41, 5.74) is 6.65. The van der Waals surface area contributed by atoms with Crippen LogP contribution in [0.2, 0.25) is 0 Å².